The number of hydrogen-bond acceptors (Lipinski definition) is 5. The fourth-order valence-electron chi connectivity index (χ4n) is 5.46. The second kappa shape index (κ2) is 11.1. The zero-order valence-electron chi connectivity index (χ0n) is 20.4. The third-order valence-electron chi connectivity index (χ3n) is 7.39. The van der Waals surface area contributed by atoms with Crippen molar-refractivity contribution in [2.24, 2.45) is 5.92 Å². The van der Waals surface area contributed by atoms with Crippen molar-refractivity contribution in [3.8, 4) is 0 Å². The van der Waals surface area contributed by atoms with Gasteiger partial charge in [-0.2, -0.15) is 0 Å². The van der Waals surface area contributed by atoms with E-state index in [2.05, 4.69) is 43.4 Å². The zero-order valence-corrected chi connectivity index (χ0v) is 21.2. The Morgan fingerprint density at radius 3 is 2.41 bits per heavy atom. The van der Waals surface area contributed by atoms with Gasteiger partial charge in [-0.3, -0.25) is 4.79 Å². The van der Waals surface area contributed by atoms with Gasteiger partial charge in [0.05, 0.1) is 30.9 Å². The molecule has 0 radical (unpaired) electrons. The quantitative estimate of drug-likeness (QED) is 0.549. The Bertz CT molecular complexity index is 1030. The molecule has 186 valence electrons. The molecule has 1 aromatic heterocycles. The lowest BCUT2D eigenvalue weighted by molar-refractivity contribution is -0.133. The number of furan rings is 1. The summed E-state index contributed by atoms with van der Waals surface area (Å²) in [5, 5.41) is 3.47. The molecule has 0 spiro atoms. The van der Waals surface area contributed by atoms with Crippen LogP contribution in [0.25, 0.3) is 0 Å². The summed E-state index contributed by atoms with van der Waals surface area (Å²) in [7, 11) is -3.10. The van der Waals surface area contributed by atoms with Gasteiger partial charge in [0.2, 0.25) is 5.91 Å². The van der Waals surface area contributed by atoms with Gasteiger partial charge >= 0.3 is 0 Å². The number of sulfone groups is 1. The average molecular weight is 487 g/mol. The number of amides is 1. The highest BCUT2D eigenvalue weighted by Gasteiger charge is 2.35. The van der Waals surface area contributed by atoms with Crippen LogP contribution in [-0.2, 0) is 21.2 Å². The van der Waals surface area contributed by atoms with Gasteiger partial charge < -0.3 is 14.6 Å². The molecule has 2 heterocycles. The van der Waals surface area contributed by atoms with Gasteiger partial charge in [-0.05, 0) is 54.4 Å². The van der Waals surface area contributed by atoms with E-state index in [0.717, 1.165) is 0 Å². The van der Waals surface area contributed by atoms with Crippen molar-refractivity contribution < 1.29 is 17.6 Å². The van der Waals surface area contributed by atoms with E-state index >= 15 is 0 Å². The van der Waals surface area contributed by atoms with E-state index in [9.17, 15) is 13.2 Å². The molecule has 4 rings (SSSR count). The molecule has 2 aliphatic rings. The molecule has 1 aliphatic heterocycles. The summed E-state index contributed by atoms with van der Waals surface area (Å²) in [5.74, 6) is 1.70. The summed E-state index contributed by atoms with van der Waals surface area (Å²) in [6.07, 6.45) is 8.61. The molecule has 2 atom stereocenters. The predicted octanol–water partition coefficient (Wildman–Crippen LogP) is 4.83. The number of benzene rings is 1. The fraction of sp³-hybridized carbons (Fsp3) is 0.593. The van der Waals surface area contributed by atoms with Crippen LogP contribution in [0.3, 0.4) is 0 Å². The van der Waals surface area contributed by atoms with E-state index in [1.165, 1.54) is 43.2 Å². The van der Waals surface area contributed by atoms with Crippen LogP contribution >= 0.6 is 0 Å². The molecule has 1 saturated carbocycles. The summed E-state index contributed by atoms with van der Waals surface area (Å²) < 4.78 is 29.6. The van der Waals surface area contributed by atoms with Crippen molar-refractivity contribution in [1.29, 1.82) is 0 Å². The third kappa shape index (κ3) is 6.30. The van der Waals surface area contributed by atoms with E-state index in [-0.39, 0.29) is 42.6 Å². The zero-order chi connectivity index (χ0) is 24.1. The van der Waals surface area contributed by atoms with E-state index in [1.807, 2.05) is 6.07 Å². The number of rotatable bonds is 9. The molecule has 2 fully saturated rings. The van der Waals surface area contributed by atoms with Gasteiger partial charge in [0.25, 0.3) is 0 Å². The molecule has 2 aromatic rings. The van der Waals surface area contributed by atoms with Gasteiger partial charge in [0.1, 0.15) is 5.76 Å². The Morgan fingerprint density at radius 2 is 1.82 bits per heavy atom. The highest BCUT2D eigenvalue weighted by Crippen LogP contribution is 2.33. The molecule has 6 nitrogen and oxygen atoms in total. The summed E-state index contributed by atoms with van der Waals surface area (Å²) >= 11 is 0. The van der Waals surface area contributed by atoms with Crippen LogP contribution in [0.5, 0.6) is 0 Å². The van der Waals surface area contributed by atoms with Gasteiger partial charge in [-0.1, -0.05) is 57.4 Å². The second-order valence-corrected chi connectivity index (χ2v) is 12.5. The lowest BCUT2D eigenvalue weighted by atomic mass is 9.83. The maximum atomic E-state index is 13.3. The van der Waals surface area contributed by atoms with Crippen LogP contribution in [0.1, 0.15) is 81.2 Å². The molecule has 1 aliphatic carbocycles. The Hall–Kier alpha value is -2.12. The van der Waals surface area contributed by atoms with Gasteiger partial charge in [0, 0.05) is 12.1 Å². The highest BCUT2D eigenvalue weighted by molar-refractivity contribution is 7.91. The minimum absolute atomic E-state index is 0.0235. The number of carbonyl (C=O) groups excluding carboxylic acids is 1. The molecule has 34 heavy (non-hydrogen) atoms. The van der Waals surface area contributed by atoms with Crippen LogP contribution in [0.15, 0.2) is 47.1 Å². The smallest absolute Gasteiger partial charge is 0.237 e. The van der Waals surface area contributed by atoms with Gasteiger partial charge in [0.15, 0.2) is 9.84 Å². The van der Waals surface area contributed by atoms with Crippen molar-refractivity contribution in [2.75, 3.05) is 18.1 Å². The summed E-state index contributed by atoms with van der Waals surface area (Å²) in [5.41, 5.74) is 2.61. The van der Waals surface area contributed by atoms with Crippen LogP contribution < -0.4 is 5.32 Å². The molecular weight excluding hydrogens is 448 g/mol. The van der Waals surface area contributed by atoms with E-state index in [4.69, 9.17) is 4.42 Å². The lowest BCUT2D eigenvalue weighted by Gasteiger charge is -2.30. The Morgan fingerprint density at radius 1 is 1.09 bits per heavy atom. The molecule has 0 unspecified atom stereocenters. The van der Waals surface area contributed by atoms with Crippen LogP contribution in [0.4, 0.5) is 0 Å². The second-order valence-electron chi connectivity index (χ2n) is 10.3. The summed E-state index contributed by atoms with van der Waals surface area (Å²) in [6, 6.07) is 12.3. The summed E-state index contributed by atoms with van der Waals surface area (Å²) in [4.78, 5) is 15.0. The van der Waals surface area contributed by atoms with Crippen molar-refractivity contribution in [3.63, 3.8) is 0 Å². The van der Waals surface area contributed by atoms with Crippen molar-refractivity contribution >= 4 is 15.7 Å². The van der Waals surface area contributed by atoms with Crippen molar-refractivity contribution in [2.45, 2.75) is 76.9 Å². The maximum Gasteiger partial charge on any atom is 0.237 e. The highest BCUT2D eigenvalue weighted by atomic mass is 32.2. The predicted molar refractivity (Wildman–Crippen MR) is 134 cm³/mol. The van der Waals surface area contributed by atoms with Crippen molar-refractivity contribution in [3.05, 3.63) is 59.5 Å². The molecule has 1 aromatic carbocycles. The van der Waals surface area contributed by atoms with Gasteiger partial charge in [-0.15, -0.1) is 0 Å². The first-order valence-corrected chi connectivity index (χ1v) is 14.5. The maximum absolute atomic E-state index is 13.3. The van der Waals surface area contributed by atoms with E-state index in [1.54, 1.807) is 17.2 Å². The lowest BCUT2D eigenvalue weighted by Crippen LogP contribution is -2.45. The van der Waals surface area contributed by atoms with Crippen molar-refractivity contribution in [1.82, 2.24) is 10.2 Å². The standard InChI is InChI=1S/C27H38N2O4S/c1-20(2)27(23-12-10-22(11-13-23)21-7-4-3-5-8-21)28-17-26(30)29(18-25-9-6-15-33-25)24-14-16-34(31,32)19-24/h6,9-13,15,20-21,24,27-28H,3-5,7-8,14,16-19H2,1-2H3/t24-,27+/m0/s1. The molecule has 1 amide bonds. The molecule has 7 heteroatoms. The van der Waals surface area contributed by atoms with E-state index < -0.39 is 9.84 Å². The molecule has 0 bridgehead atoms. The molecule has 1 N–H and O–H groups in total. The number of carbonyl (C=O) groups is 1. The Balaban J connectivity index is 1.43. The van der Waals surface area contributed by atoms with Gasteiger partial charge in [-0.25, -0.2) is 8.42 Å². The van der Waals surface area contributed by atoms with Crippen LogP contribution in [-0.4, -0.2) is 43.3 Å². The molecular formula is C27H38N2O4S. The first-order valence-electron chi connectivity index (χ1n) is 12.7. The minimum atomic E-state index is -3.10. The first kappa shape index (κ1) is 25.0. The third-order valence-corrected chi connectivity index (χ3v) is 9.14. The fourth-order valence-corrected chi connectivity index (χ4v) is 7.19. The Labute approximate surface area is 204 Å². The summed E-state index contributed by atoms with van der Waals surface area (Å²) in [6.45, 7) is 4.75. The normalized spacial score (nSPS) is 21.6. The molecule has 1 saturated heterocycles. The van der Waals surface area contributed by atoms with Crippen LogP contribution in [0, 0.1) is 5.92 Å². The minimum Gasteiger partial charge on any atom is -0.467 e. The first-order chi connectivity index (χ1) is 16.3. The average Bonchev–Trinajstić information content (AvgIpc) is 3.47. The monoisotopic (exact) mass is 486 g/mol. The SMILES string of the molecule is CC(C)[C@@H](NCC(=O)N(Cc1ccco1)[C@H]1CCS(=O)(=O)C1)c1ccc(C2CCCCC2)cc1. The number of nitrogens with one attached hydrogen (secondary N) is 1. The number of hydrogen-bond donors (Lipinski definition) is 1. The van der Waals surface area contributed by atoms with Crippen LogP contribution in [0.2, 0.25) is 0 Å². The number of nitrogens with zero attached hydrogens (tertiary/aromatic N) is 1. The Kier molecular flexibility index (Phi) is 8.14. The largest absolute Gasteiger partial charge is 0.467 e. The van der Waals surface area contributed by atoms with E-state index in [0.29, 0.717) is 24.0 Å². The topological polar surface area (TPSA) is 79.6 Å².